The van der Waals surface area contributed by atoms with Gasteiger partial charge in [0.2, 0.25) is 0 Å². The van der Waals surface area contributed by atoms with E-state index < -0.39 is 6.10 Å². The SMILES string of the molecule is CC1CCC(CC(O)CO)CC1. The Bertz CT molecular complexity index is 117. The van der Waals surface area contributed by atoms with E-state index in [1.807, 2.05) is 0 Å². The van der Waals surface area contributed by atoms with Crippen LogP contribution in [0.25, 0.3) is 0 Å². The van der Waals surface area contributed by atoms with Crippen molar-refractivity contribution in [1.82, 2.24) is 0 Å². The highest BCUT2D eigenvalue weighted by Gasteiger charge is 2.20. The smallest absolute Gasteiger partial charge is 0.0773 e. The lowest BCUT2D eigenvalue weighted by molar-refractivity contribution is 0.0654. The van der Waals surface area contributed by atoms with Crippen LogP contribution in [-0.2, 0) is 0 Å². The van der Waals surface area contributed by atoms with Crippen molar-refractivity contribution in [2.24, 2.45) is 11.8 Å². The van der Waals surface area contributed by atoms with Gasteiger partial charge in [0.25, 0.3) is 0 Å². The molecule has 0 saturated heterocycles. The molecule has 2 nitrogen and oxygen atoms in total. The molecule has 0 amide bonds. The minimum atomic E-state index is -0.483. The fourth-order valence-corrected chi connectivity index (χ4v) is 2.02. The molecule has 1 unspecified atom stereocenters. The van der Waals surface area contributed by atoms with Gasteiger partial charge in [0.15, 0.2) is 0 Å². The molecule has 1 aliphatic rings. The molecule has 12 heavy (non-hydrogen) atoms. The second-order valence-corrected chi connectivity index (χ2v) is 4.20. The van der Waals surface area contributed by atoms with Crippen LogP contribution in [0.1, 0.15) is 39.0 Å². The zero-order valence-corrected chi connectivity index (χ0v) is 7.87. The normalized spacial score (nSPS) is 33.2. The highest BCUT2D eigenvalue weighted by molar-refractivity contribution is 4.72. The molecule has 0 spiro atoms. The van der Waals surface area contributed by atoms with Gasteiger partial charge in [-0.15, -0.1) is 0 Å². The summed E-state index contributed by atoms with van der Waals surface area (Å²) in [4.78, 5) is 0. The molecule has 0 aliphatic heterocycles. The van der Waals surface area contributed by atoms with Crippen molar-refractivity contribution < 1.29 is 10.2 Å². The maximum atomic E-state index is 9.23. The number of hydrogen-bond donors (Lipinski definition) is 2. The summed E-state index contributed by atoms with van der Waals surface area (Å²) in [6, 6.07) is 0. The summed E-state index contributed by atoms with van der Waals surface area (Å²) in [5, 5.41) is 17.9. The van der Waals surface area contributed by atoms with E-state index in [9.17, 15) is 5.11 Å². The van der Waals surface area contributed by atoms with Crippen LogP contribution in [0, 0.1) is 11.8 Å². The molecule has 1 rings (SSSR count). The third kappa shape index (κ3) is 3.11. The summed E-state index contributed by atoms with van der Waals surface area (Å²) < 4.78 is 0. The van der Waals surface area contributed by atoms with Crippen molar-refractivity contribution in [1.29, 1.82) is 0 Å². The summed E-state index contributed by atoms with van der Waals surface area (Å²) in [5.41, 5.74) is 0. The molecular formula is C10H20O2. The molecule has 0 bridgehead atoms. The van der Waals surface area contributed by atoms with Gasteiger partial charge in [-0.25, -0.2) is 0 Å². The monoisotopic (exact) mass is 172 g/mol. The zero-order valence-electron chi connectivity index (χ0n) is 7.87. The van der Waals surface area contributed by atoms with Gasteiger partial charge in [0.05, 0.1) is 12.7 Å². The van der Waals surface area contributed by atoms with E-state index >= 15 is 0 Å². The van der Waals surface area contributed by atoms with Gasteiger partial charge in [-0.3, -0.25) is 0 Å². The van der Waals surface area contributed by atoms with Gasteiger partial charge in [0.1, 0.15) is 0 Å². The Kier molecular flexibility index (Phi) is 4.02. The minimum Gasteiger partial charge on any atom is -0.394 e. The van der Waals surface area contributed by atoms with E-state index in [0.29, 0.717) is 5.92 Å². The summed E-state index contributed by atoms with van der Waals surface area (Å²) in [7, 11) is 0. The summed E-state index contributed by atoms with van der Waals surface area (Å²) >= 11 is 0. The number of aliphatic hydroxyl groups is 2. The molecule has 2 N–H and O–H groups in total. The lowest BCUT2D eigenvalue weighted by atomic mass is 9.80. The van der Waals surface area contributed by atoms with E-state index in [1.165, 1.54) is 25.7 Å². The molecule has 0 aromatic rings. The van der Waals surface area contributed by atoms with Crippen molar-refractivity contribution in [3.63, 3.8) is 0 Å². The Labute approximate surface area is 74.6 Å². The quantitative estimate of drug-likeness (QED) is 0.678. The lowest BCUT2D eigenvalue weighted by Crippen LogP contribution is -2.20. The van der Waals surface area contributed by atoms with Crippen LogP contribution >= 0.6 is 0 Å². The zero-order chi connectivity index (χ0) is 8.97. The highest BCUT2D eigenvalue weighted by Crippen LogP contribution is 2.30. The van der Waals surface area contributed by atoms with Crippen molar-refractivity contribution in [3.8, 4) is 0 Å². The molecule has 1 fully saturated rings. The molecule has 2 heteroatoms. The molecule has 0 radical (unpaired) electrons. The average Bonchev–Trinajstić information content (AvgIpc) is 2.09. The van der Waals surface area contributed by atoms with Gasteiger partial charge in [-0.1, -0.05) is 32.6 Å². The fraction of sp³-hybridized carbons (Fsp3) is 1.00. The van der Waals surface area contributed by atoms with E-state index in [-0.39, 0.29) is 6.61 Å². The van der Waals surface area contributed by atoms with E-state index in [1.54, 1.807) is 0 Å². The topological polar surface area (TPSA) is 40.5 Å². The number of rotatable bonds is 3. The van der Waals surface area contributed by atoms with Crippen molar-refractivity contribution in [2.45, 2.75) is 45.1 Å². The van der Waals surface area contributed by atoms with Gasteiger partial charge < -0.3 is 10.2 Å². The van der Waals surface area contributed by atoms with Gasteiger partial charge in [-0.2, -0.15) is 0 Å². The van der Waals surface area contributed by atoms with Gasteiger partial charge in [0, 0.05) is 0 Å². The van der Waals surface area contributed by atoms with Crippen LogP contribution in [0.3, 0.4) is 0 Å². The Morgan fingerprint density at radius 3 is 2.33 bits per heavy atom. The molecule has 0 heterocycles. The highest BCUT2D eigenvalue weighted by atomic mass is 16.3. The first-order chi connectivity index (χ1) is 5.72. The molecule has 0 aromatic heterocycles. The van der Waals surface area contributed by atoms with E-state index in [4.69, 9.17) is 5.11 Å². The maximum absolute atomic E-state index is 9.23. The Hall–Kier alpha value is -0.0800. The predicted molar refractivity (Wildman–Crippen MR) is 48.8 cm³/mol. The molecule has 1 atom stereocenters. The third-order valence-corrected chi connectivity index (χ3v) is 2.95. The largest absolute Gasteiger partial charge is 0.394 e. The van der Waals surface area contributed by atoms with Crippen LogP contribution in [0.4, 0.5) is 0 Å². The average molecular weight is 172 g/mol. The minimum absolute atomic E-state index is 0.0773. The number of aliphatic hydroxyl groups excluding tert-OH is 2. The van der Waals surface area contributed by atoms with Gasteiger partial charge in [-0.05, 0) is 18.3 Å². The van der Waals surface area contributed by atoms with E-state index in [2.05, 4.69) is 6.92 Å². The summed E-state index contributed by atoms with van der Waals surface area (Å²) in [6.45, 7) is 2.21. The molecule has 1 saturated carbocycles. The van der Waals surface area contributed by atoms with Crippen LogP contribution in [0.15, 0.2) is 0 Å². The molecule has 0 aromatic carbocycles. The van der Waals surface area contributed by atoms with Crippen LogP contribution in [0.5, 0.6) is 0 Å². The third-order valence-electron chi connectivity index (χ3n) is 2.95. The first-order valence-electron chi connectivity index (χ1n) is 5.01. The summed E-state index contributed by atoms with van der Waals surface area (Å²) in [5.74, 6) is 1.52. The standard InChI is InChI=1S/C10H20O2/c1-8-2-4-9(5-3-8)6-10(12)7-11/h8-12H,2-7H2,1H3. The Balaban J connectivity index is 2.17. The first kappa shape index (κ1) is 10.0. The second kappa shape index (κ2) is 4.83. The van der Waals surface area contributed by atoms with Crippen molar-refractivity contribution in [3.05, 3.63) is 0 Å². The van der Waals surface area contributed by atoms with Crippen LogP contribution in [0.2, 0.25) is 0 Å². The molecule has 1 aliphatic carbocycles. The van der Waals surface area contributed by atoms with E-state index in [0.717, 1.165) is 12.3 Å². The van der Waals surface area contributed by atoms with Gasteiger partial charge >= 0.3 is 0 Å². The molecule has 72 valence electrons. The van der Waals surface area contributed by atoms with Crippen LogP contribution in [-0.4, -0.2) is 22.9 Å². The number of hydrogen-bond acceptors (Lipinski definition) is 2. The Morgan fingerprint density at radius 1 is 1.25 bits per heavy atom. The first-order valence-corrected chi connectivity index (χ1v) is 5.01. The lowest BCUT2D eigenvalue weighted by Gasteiger charge is -2.27. The van der Waals surface area contributed by atoms with Crippen molar-refractivity contribution in [2.75, 3.05) is 6.61 Å². The van der Waals surface area contributed by atoms with Crippen molar-refractivity contribution >= 4 is 0 Å². The predicted octanol–water partition coefficient (Wildman–Crippen LogP) is 1.56. The Morgan fingerprint density at radius 2 is 1.83 bits per heavy atom. The fourth-order valence-electron chi connectivity index (χ4n) is 2.02. The second-order valence-electron chi connectivity index (χ2n) is 4.20. The maximum Gasteiger partial charge on any atom is 0.0773 e. The molecular weight excluding hydrogens is 152 g/mol. The summed E-state index contributed by atoms with van der Waals surface area (Å²) in [6.07, 6.45) is 5.37. The van der Waals surface area contributed by atoms with Crippen LogP contribution < -0.4 is 0 Å².